The predicted octanol–water partition coefficient (Wildman–Crippen LogP) is 0.349. The number of carbonyl (C=O) groups is 1. The van der Waals surface area contributed by atoms with Gasteiger partial charge in [0.05, 0.1) is 31.4 Å². The topological polar surface area (TPSA) is 96.0 Å². The number of oxazole rings is 1. The molecule has 0 spiro atoms. The Bertz CT molecular complexity index is 442. The third-order valence-corrected chi connectivity index (χ3v) is 2.67. The first-order valence-electron chi connectivity index (χ1n) is 5.64. The molecule has 2 N–H and O–H groups in total. The van der Waals surface area contributed by atoms with Crippen LogP contribution in [0, 0.1) is 0 Å². The minimum absolute atomic E-state index is 0.105. The Balaban J connectivity index is 2.18. The molecule has 0 aromatic carbocycles. The number of hydrogen-bond donors (Lipinski definition) is 2. The highest BCUT2D eigenvalue weighted by Crippen LogP contribution is 2.25. The Morgan fingerprint density at radius 3 is 2.94 bits per heavy atom. The normalized spacial score (nSPS) is 23.1. The zero-order chi connectivity index (χ0) is 13.3. The second-order valence-corrected chi connectivity index (χ2v) is 4.88. The van der Waals surface area contributed by atoms with Gasteiger partial charge >= 0.3 is 5.97 Å². The number of ether oxygens (including phenoxy) is 1. The number of aliphatic hydroxyl groups excluding tert-OH is 1. The second-order valence-electron chi connectivity index (χ2n) is 4.88. The van der Waals surface area contributed by atoms with Gasteiger partial charge in [-0.15, -0.1) is 0 Å². The van der Waals surface area contributed by atoms with E-state index in [1.54, 1.807) is 4.90 Å². The molecule has 1 aliphatic rings. The van der Waals surface area contributed by atoms with E-state index in [0.29, 0.717) is 13.1 Å². The van der Waals surface area contributed by atoms with Crippen molar-refractivity contribution in [3.8, 4) is 0 Å². The number of aromatic nitrogens is 1. The Kier molecular flexibility index (Phi) is 3.27. The van der Waals surface area contributed by atoms with Crippen LogP contribution in [-0.4, -0.2) is 52.6 Å². The highest BCUT2D eigenvalue weighted by atomic mass is 16.5. The van der Waals surface area contributed by atoms with Gasteiger partial charge in [0, 0.05) is 0 Å². The SMILES string of the molecule is CC1(C)CN(c2nc(C(=O)O)co2)CC(CO)O1. The van der Waals surface area contributed by atoms with Gasteiger partial charge in [-0.05, 0) is 13.8 Å². The average Bonchev–Trinajstić information content (AvgIpc) is 2.76. The van der Waals surface area contributed by atoms with Gasteiger partial charge in [-0.2, -0.15) is 4.98 Å². The lowest BCUT2D eigenvalue weighted by Gasteiger charge is -2.41. The smallest absolute Gasteiger partial charge is 0.357 e. The number of aromatic carboxylic acids is 1. The molecule has 1 saturated heterocycles. The number of morpholine rings is 1. The highest BCUT2D eigenvalue weighted by Gasteiger charge is 2.35. The molecule has 2 heterocycles. The van der Waals surface area contributed by atoms with Crippen LogP contribution in [0.1, 0.15) is 24.3 Å². The molecule has 0 amide bonds. The molecule has 0 aliphatic carbocycles. The van der Waals surface area contributed by atoms with Crippen molar-refractivity contribution in [2.45, 2.75) is 25.6 Å². The zero-order valence-corrected chi connectivity index (χ0v) is 10.3. The zero-order valence-electron chi connectivity index (χ0n) is 10.3. The number of carboxylic acid groups (broad SMARTS) is 1. The first-order valence-corrected chi connectivity index (χ1v) is 5.64. The summed E-state index contributed by atoms with van der Waals surface area (Å²) in [6.07, 6.45) is 0.766. The third-order valence-electron chi connectivity index (χ3n) is 2.67. The molecule has 7 nitrogen and oxygen atoms in total. The van der Waals surface area contributed by atoms with E-state index >= 15 is 0 Å². The number of nitrogens with zero attached hydrogens (tertiary/aromatic N) is 2. The summed E-state index contributed by atoms with van der Waals surface area (Å²) >= 11 is 0. The minimum Gasteiger partial charge on any atom is -0.476 e. The Hall–Kier alpha value is -1.60. The van der Waals surface area contributed by atoms with Crippen LogP contribution in [0.5, 0.6) is 0 Å². The molecule has 0 saturated carbocycles. The summed E-state index contributed by atoms with van der Waals surface area (Å²) in [6, 6.07) is 0.238. The average molecular weight is 256 g/mol. The number of hydrogen-bond acceptors (Lipinski definition) is 6. The van der Waals surface area contributed by atoms with Crippen molar-refractivity contribution in [3.05, 3.63) is 12.0 Å². The molecule has 1 fully saturated rings. The summed E-state index contributed by atoms with van der Waals surface area (Å²) in [5.41, 5.74) is -0.585. The molecule has 18 heavy (non-hydrogen) atoms. The van der Waals surface area contributed by atoms with E-state index in [1.807, 2.05) is 13.8 Å². The number of carboxylic acids is 1. The lowest BCUT2D eigenvalue weighted by molar-refractivity contribution is -0.101. The fraction of sp³-hybridized carbons (Fsp3) is 0.636. The molecule has 100 valence electrons. The fourth-order valence-corrected chi connectivity index (χ4v) is 2.04. The molecule has 7 heteroatoms. The van der Waals surface area contributed by atoms with E-state index in [1.165, 1.54) is 0 Å². The van der Waals surface area contributed by atoms with Gasteiger partial charge in [0.25, 0.3) is 6.01 Å². The Morgan fingerprint density at radius 2 is 2.39 bits per heavy atom. The molecular formula is C11H16N2O5. The maximum atomic E-state index is 10.7. The first-order chi connectivity index (χ1) is 8.41. The van der Waals surface area contributed by atoms with Crippen LogP contribution in [0.2, 0.25) is 0 Å². The molecule has 1 unspecified atom stereocenters. The lowest BCUT2D eigenvalue weighted by atomic mass is 10.1. The van der Waals surface area contributed by atoms with Gasteiger partial charge in [-0.1, -0.05) is 0 Å². The van der Waals surface area contributed by atoms with Crippen molar-refractivity contribution >= 4 is 12.0 Å². The van der Waals surface area contributed by atoms with E-state index in [2.05, 4.69) is 4.98 Å². The standard InChI is InChI=1S/C11H16N2O5/c1-11(2)6-13(3-7(4-14)18-11)10-12-8(5-17-10)9(15)16/h5,7,14H,3-4,6H2,1-2H3,(H,15,16). The van der Waals surface area contributed by atoms with Gasteiger partial charge < -0.3 is 24.3 Å². The molecule has 1 aromatic rings. The maximum Gasteiger partial charge on any atom is 0.357 e. The van der Waals surface area contributed by atoms with Crippen molar-refractivity contribution in [1.82, 2.24) is 4.98 Å². The number of anilines is 1. The van der Waals surface area contributed by atoms with Gasteiger partial charge in [-0.3, -0.25) is 0 Å². The summed E-state index contributed by atoms with van der Waals surface area (Å²) in [5, 5.41) is 18.0. The molecular weight excluding hydrogens is 240 g/mol. The van der Waals surface area contributed by atoms with E-state index in [0.717, 1.165) is 6.26 Å². The maximum absolute atomic E-state index is 10.7. The monoisotopic (exact) mass is 256 g/mol. The molecule has 2 rings (SSSR count). The third kappa shape index (κ3) is 2.62. The van der Waals surface area contributed by atoms with Crippen molar-refractivity contribution in [2.24, 2.45) is 0 Å². The Morgan fingerprint density at radius 1 is 1.67 bits per heavy atom. The van der Waals surface area contributed by atoms with Crippen LogP contribution in [0.3, 0.4) is 0 Å². The van der Waals surface area contributed by atoms with Gasteiger partial charge in [-0.25, -0.2) is 4.79 Å². The minimum atomic E-state index is -1.13. The highest BCUT2D eigenvalue weighted by molar-refractivity contribution is 5.85. The fourth-order valence-electron chi connectivity index (χ4n) is 2.04. The number of rotatable bonds is 3. The van der Waals surface area contributed by atoms with Gasteiger partial charge in [0.2, 0.25) is 0 Å². The van der Waals surface area contributed by atoms with Gasteiger partial charge in [0.15, 0.2) is 5.69 Å². The summed E-state index contributed by atoms with van der Waals surface area (Å²) in [7, 11) is 0. The molecule has 0 radical (unpaired) electrons. The predicted molar refractivity (Wildman–Crippen MR) is 61.7 cm³/mol. The van der Waals surface area contributed by atoms with Gasteiger partial charge in [0.1, 0.15) is 6.26 Å². The van der Waals surface area contributed by atoms with Crippen LogP contribution < -0.4 is 4.90 Å². The second kappa shape index (κ2) is 4.58. The number of aliphatic hydroxyl groups is 1. The largest absolute Gasteiger partial charge is 0.476 e. The van der Waals surface area contributed by atoms with Crippen molar-refractivity contribution in [3.63, 3.8) is 0 Å². The molecule has 1 aliphatic heterocycles. The van der Waals surface area contributed by atoms with E-state index in [4.69, 9.17) is 14.3 Å². The van der Waals surface area contributed by atoms with Crippen molar-refractivity contribution in [2.75, 3.05) is 24.6 Å². The van der Waals surface area contributed by atoms with Crippen LogP contribution >= 0.6 is 0 Å². The Labute approximate surface area is 104 Å². The van der Waals surface area contributed by atoms with Crippen LogP contribution in [0.25, 0.3) is 0 Å². The lowest BCUT2D eigenvalue weighted by Crippen LogP contribution is -2.54. The van der Waals surface area contributed by atoms with E-state index < -0.39 is 11.6 Å². The molecule has 1 atom stereocenters. The van der Waals surface area contributed by atoms with Crippen LogP contribution in [0.4, 0.5) is 6.01 Å². The van der Waals surface area contributed by atoms with Crippen molar-refractivity contribution in [1.29, 1.82) is 0 Å². The molecule has 0 bridgehead atoms. The quantitative estimate of drug-likeness (QED) is 0.805. The van der Waals surface area contributed by atoms with Crippen molar-refractivity contribution < 1.29 is 24.2 Å². The van der Waals surface area contributed by atoms with Crippen LogP contribution in [0.15, 0.2) is 10.7 Å². The first kappa shape index (κ1) is 12.8. The summed E-state index contributed by atoms with van der Waals surface area (Å²) < 4.78 is 10.8. The summed E-state index contributed by atoms with van der Waals surface area (Å²) in [4.78, 5) is 16.4. The molecule has 1 aromatic heterocycles. The summed E-state index contributed by atoms with van der Waals surface area (Å²) in [6.45, 7) is 4.61. The van der Waals surface area contributed by atoms with E-state index in [9.17, 15) is 9.90 Å². The van der Waals surface area contributed by atoms with E-state index in [-0.39, 0.29) is 24.4 Å². The summed E-state index contributed by atoms with van der Waals surface area (Å²) in [5.74, 6) is -1.13. The van der Waals surface area contributed by atoms with Crippen LogP contribution in [-0.2, 0) is 4.74 Å².